The quantitative estimate of drug-likeness (QED) is 0.698. The molecule has 1 rings (SSSR count). The van der Waals surface area contributed by atoms with E-state index in [0.717, 1.165) is 17.5 Å². The smallest absolute Gasteiger partial charge is 0.264 e. The standard InChI is InChI=1S/C12H14F2O/c1-4-9-6-10(8(3)15)11(12(13)14)5-7(9)2/h5-6,12H,4H2,1-3H3. The van der Waals surface area contributed by atoms with E-state index < -0.39 is 6.43 Å². The lowest BCUT2D eigenvalue weighted by molar-refractivity contribution is 0.0999. The van der Waals surface area contributed by atoms with Crippen LogP contribution in [0.3, 0.4) is 0 Å². The van der Waals surface area contributed by atoms with Crippen molar-refractivity contribution in [3.8, 4) is 0 Å². The largest absolute Gasteiger partial charge is 0.294 e. The number of carbonyl (C=O) groups excluding carboxylic acids is 1. The molecule has 0 aliphatic carbocycles. The Morgan fingerprint density at radius 1 is 1.40 bits per heavy atom. The van der Waals surface area contributed by atoms with E-state index >= 15 is 0 Å². The maximum atomic E-state index is 12.7. The fourth-order valence-corrected chi connectivity index (χ4v) is 1.64. The Bertz CT molecular complexity index is 383. The Morgan fingerprint density at radius 2 is 2.00 bits per heavy atom. The molecule has 0 atom stereocenters. The van der Waals surface area contributed by atoms with Crippen LogP contribution in [0, 0.1) is 6.92 Å². The van der Waals surface area contributed by atoms with E-state index in [0.29, 0.717) is 0 Å². The van der Waals surface area contributed by atoms with Gasteiger partial charge in [0.05, 0.1) is 0 Å². The van der Waals surface area contributed by atoms with Crippen LogP contribution in [0.1, 0.15) is 47.3 Å². The second-order valence-electron chi connectivity index (χ2n) is 3.58. The maximum Gasteiger partial charge on any atom is 0.264 e. The van der Waals surface area contributed by atoms with E-state index in [2.05, 4.69) is 0 Å². The number of hydrogen-bond acceptors (Lipinski definition) is 1. The molecule has 0 N–H and O–H groups in total. The molecule has 3 heteroatoms. The highest BCUT2D eigenvalue weighted by Crippen LogP contribution is 2.26. The maximum absolute atomic E-state index is 12.7. The first-order chi connectivity index (χ1) is 6.97. The monoisotopic (exact) mass is 212 g/mol. The van der Waals surface area contributed by atoms with Crippen LogP contribution in [0.15, 0.2) is 12.1 Å². The Kier molecular flexibility index (Phi) is 3.56. The van der Waals surface area contributed by atoms with Crippen LogP contribution in [0.2, 0.25) is 0 Å². The second-order valence-corrected chi connectivity index (χ2v) is 3.58. The first-order valence-corrected chi connectivity index (χ1v) is 4.89. The highest BCUT2D eigenvalue weighted by atomic mass is 19.3. The van der Waals surface area contributed by atoms with E-state index in [9.17, 15) is 13.6 Å². The lowest BCUT2D eigenvalue weighted by Gasteiger charge is -2.11. The minimum absolute atomic E-state index is 0.146. The first-order valence-electron chi connectivity index (χ1n) is 4.89. The molecule has 0 unspecified atom stereocenters. The van der Waals surface area contributed by atoms with Crippen LogP contribution >= 0.6 is 0 Å². The molecule has 0 aliphatic heterocycles. The number of hydrogen-bond donors (Lipinski definition) is 0. The molecule has 1 aromatic carbocycles. The summed E-state index contributed by atoms with van der Waals surface area (Å²) in [6.07, 6.45) is -1.84. The van der Waals surface area contributed by atoms with Gasteiger partial charge < -0.3 is 0 Å². The molecule has 0 heterocycles. The van der Waals surface area contributed by atoms with E-state index in [-0.39, 0.29) is 16.9 Å². The number of Topliss-reactive ketones (excluding diaryl/α,β-unsaturated/α-hetero) is 1. The van der Waals surface area contributed by atoms with Gasteiger partial charge in [-0.3, -0.25) is 4.79 Å². The lowest BCUT2D eigenvalue weighted by Crippen LogP contribution is -2.03. The number of halogens is 2. The number of ketones is 1. The summed E-state index contributed by atoms with van der Waals surface area (Å²) in [7, 11) is 0. The van der Waals surface area contributed by atoms with Gasteiger partial charge in [0.25, 0.3) is 6.43 Å². The van der Waals surface area contributed by atoms with Gasteiger partial charge in [0.2, 0.25) is 0 Å². The molecular weight excluding hydrogens is 198 g/mol. The first kappa shape index (κ1) is 11.8. The van der Waals surface area contributed by atoms with Gasteiger partial charge in [-0.1, -0.05) is 6.92 Å². The number of benzene rings is 1. The van der Waals surface area contributed by atoms with Crippen LogP contribution in [-0.4, -0.2) is 5.78 Å². The summed E-state index contributed by atoms with van der Waals surface area (Å²) >= 11 is 0. The van der Waals surface area contributed by atoms with Gasteiger partial charge in [-0.15, -0.1) is 0 Å². The molecular formula is C12H14F2O. The van der Waals surface area contributed by atoms with Crippen molar-refractivity contribution in [2.24, 2.45) is 0 Å². The summed E-state index contributed by atoms with van der Waals surface area (Å²) < 4.78 is 25.3. The molecule has 0 fully saturated rings. The second kappa shape index (κ2) is 4.51. The predicted octanol–water partition coefficient (Wildman–Crippen LogP) is 3.70. The molecule has 0 bridgehead atoms. The van der Waals surface area contributed by atoms with Crippen molar-refractivity contribution in [2.75, 3.05) is 0 Å². The third-order valence-corrected chi connectivity index (χ3v) is 2.50. The molecule has 15 heavy (non-hydrogen) atoms. The van der Waals surface area contributed by atoms with Crippen molar-refractivity contribution in [3.63, 3.8) is 0 Å². The normalized spacial score (nSPS) is 10.8. The molecule has 0 saturated carbocycles. The third-order valence-electron chi connectivity index (χ3n) is 2.50. The summed E-state index contributed by atoms with van der Waals surface area (Å²) in [5, 5.41) is 0. The van der Waals surface area contributed by atoms with Crippen molar-refractivity contribution in [1.82, 2.24) is 0 Å². The summed E-state index contributed by atoms with van der Waals surface area (Å²) in [6, 6.07) is 3.00. The van der Waals surface area contributed by atoms with Crippen LogP contribution < -0.4 is 0 Å². The van der Waals surface area contributed by atoms with Gasteiger partial charge in [0.15, 0.2) is 5.78 Å². The van der Waals surface area contributed by atoms with Crippen molar-refractivity contribution >= 4 is 5.78 Å². The molecule has 1 aromatic rings. The van der Waals surface area contributed by atoms with Gasteiger partial charge >= 0.3 is 0 Å². The van der Waals surface area contributed by atoms with Crippen LogP contribution in [0.4, 0.5) is 8.78 Å². The molecule has 0 aromatic heterocycles. The highest BCUT2D eigenvalue weighted by molar-refractivity contribution is 5.96. The zero-order valence-electron chi connectivity index (χ0n) is 9.10. The molecule has 0 saturated heterocycles. The number of alkyl halides is 2. The topological polar surface area (TPSA) is 17.1 Å². The summed E-state index contributed by atoms with van der Waals surface area (Å²) in [6.45, 7) is 5.04. The number of rotatable bonds is 3. The van der Waals surface area contributed by atoms with Gasteiger partial charge in [-0.25, -0.2) is 8.78 Å². The highest BCUT2D eigenvalue weighted by Gasteiger charge is 2.17. The van der Waals surface area contributed by atoms with Gasteiger partial charge in [0, 0.05) is 11.1 Å². The van der Waals surface area contributed by atoms with Crippen molar-refractivity contribution < 1.29 is 13.6 Å². The minimum Gasteiger partial charge on any atom is -0.294 e. The van der Waals surface area contributed by atoms with Gasteiger partial charge in [-0.2, -0.15) is 0 Å². The molecule has 1 nitrogen and oxygen atoms in total. The summed E-state index contributed by atoms with van der Waals surface area (Å²) in [4.78, 5) is 11.2. The summed E-state index contributed by atoms with van der Waals surface area (Å²) in [5.41, 5.74) is 1.76. The molecule has 0 radical (unpaired) electrons. The van der Waals surface area contributed by atoms with Crippen molar-refractivity contribution in [1.29, 1.82) is 0 Å². The average molecular weight is 212 g/mol. The third kappa shape index (κ3) is 2.41. The van der Waals surface area contributed by atoms with E-state index in [4.69, 9.17) is 0 Å². The SMILES string of the molecule is CCc1cc(C(C)=O)c(C(F)F)cc1C. The fraction of sp³-hybridized carbons (Fsp3) is 0.417. The Balaban J connectivity index is 3.39. The van der Waals surface area contributed by atoms with Crippen LogP contribution in [0.5, 0.6) is 0 Å². The molecule has 0 amide bonds. The molecule has 0 spiro atoms. The Morgan fingerprint density at radius 3 is 2.40 bits per heavy atom. The van der Waals surface area contributed by atoms with Crippen LogP contribution in [0.25, 0.3) is 0 Å². The van der Waals surface area contributed by atoms with E-state index in [1.54, 1.807) is 13.0 Å². The van der Waals surface area contributed by atoms with Crippen LogP contribution in [-0.2, 0) is 6.42 Å². The Hall–Kier alpha value is -1.25. The van der Waals surface area contributed by atoms with Gasteiger partial charge in [0.1, 0.15) is 0 Å². The number of aryl methyl sites for hydroxylation is 2. The van der Waals surface area contributed by atoms with Crippen molar-refractivity contribution in [3.05, 3.63) is 34.4 Å². The molecule has 0 aliphatic rings. The lowest BCUT2D eigenvalue weighted by atomic mass is 9.96. The zero-order chi connectivity index (χ0) is 11.6. The van der Waals surface area contributed by atoms with E-state index in [1.165, 1.54) is 13.0 Å². The minimum atomic E-state index is -2.59. The average Bonchev–Trinajstić information content (AvgIpc) is 2.16. The van der Waals surface area contributed by atoms with Gasteiger partial charge in [-0.05, 0) is 43.5 Å². The van der Waals surface area contributed by atoms with Crippen molar-refractivity contribution in [2.45, 2.75) is 33.6 Å². The van der Waals surface area contributed by atoms with E-state index in [1.807, 2.05) is 6.92 Å². The molecule has 82 valence electrons. The predicted molar refractivity (Wildman–Crippen MR) is 55.5 cm³/mol. The zero-order valence-corrected chi connectivity index (χ0v) is 9.10. The Labute approximate surface area is 88.1 Å². The number of carbonyl (C=O) groups is 1. The fourth-order valence-electron chi connectivity index (χ4n) is 1.64. The summed E-state index contributed by atoms with van der Waals surface area (Å²) in [5.74, 6) is -0.306.